The van der Waals surface area contributed by atoms with Crippen molar-refractivity contribution in [1.29, 1.82) is 0 Å². The summed E-state index contributed by atoms with van der Waals surface area (Å²) in [4.78, 5) is 0. The van der Waals surface area contributed by atoms with Crippen molar-refractivity contribution in [3.8, 4) is 17.2 Å². The summed E-state index contributed by atoms with van der Waals surface area (Å²) in [5.41, 5.74) is 1.18. The third-order valence-electron chi connectivity index (χ3n) is 3.69. The zero-order valence-electron chi connectivity index (χ0n) is 14.3. The van der Waals surface area contributed by atoms with E-state index in [1.165, 1.54) is 31.5 Å². The molecule has 0 saturated heterocycles. The second-order valence-corrected chi connectivity index (χ2v) is 5.41. The second-order valence-electron chi connectivity index (χ2n) is 5.41. The van der Waals surface area contributed by atoms with Gasteiger partial charge in [0, 0.05) is 24.6 Å². The molecule has 0 aliphatic carbocycles. The Morgan fingerprint density at radius 1 is 1.08 bits per heavy atom. The Labute approximate surface area is 149 Å². The van der Waals surface area contributed by atoms with Crippen LogP contribution >= 0.6 is 0 Å². The summed E-state index contributed by atoms with van der Waals surface area (Å²) in [6.07, 6.45) is 1.47. The molecule has 0 fully saturated rings. The molecular weight excluding hydrogens is 341 g/mol. The zero-order valence-corrected chi connectivity index (χ0v) is 14.3. The van der Waals surface area contributed by atoms with Gasteiger partial charge in [0.15, 0.2) is 11.5 Å². The molecule has 1 heterocycles. The molecule has 1 aromatic heterocycles. The fourth-order valence-corrected chi connectivity index (χ4v) is 2.43. The van der Waals surface area contributed by atoms with E-state index in [1.807, 2.05) is 0 Å². The summed E-state index contributed by atoms with van der Waals surface area (Å²) in [5.74, 6) is 0.457. The van der Waals surface area contributed by atoms with Gasteiger partial charge < -0.3 is 24.6 Å². The number of benzene rings is 2. The van der Waals surface area contributed by atoms with Crippen molar-refractivity contribution in [1.82, 2.24) is 10.2 Å². The van der Waals surface area contributed by atoms with E-state index in [2.05, 4.69) is 15.5 Å². The van der Waals surface area contributed by atoms with E-state index in [1.54, 1.807) is 19.2 Å². The fraction of sp³-hybridized carbons (Fsp3) is 0.222. The van der Waals surface area contributed by atoms with Crippen molar-refractivity contribution in [3.63, 3.8) is 0 Å². The number of phenols is 1. The Morgan fingerprint density at radius 3 is 2.69 bits per heavy atom. The molecule has 3 rings (SSSR count). The number of fused-ring (bicyclic) bond motifs is 1. The highest BCUT2D eigenvalue weighted by molar-refractivity contribution is 5.94. The van der Waals surface area contributed by atoms with Crippen LogP contribution < -0.4 is 14.8 Å². The van der Waals surface area contributed by atoms with Gasteiger partial charge in [-0.05, 0) is 18.2 Å². The maximum Gasteiger partial charge on any atom is 0.163 e. The van der Waals surface area contributed by atoms with Crippen LogP contribution in [0.2, 0.25) is 0 Å². The highest BCUT2D eigenvalue weighted by Crippen LogP contribution is 2.35. The van der Waals surface area contributed by atoms with Crippen LogP contribution in [0.4, 0.5) is 15.8 Å². The second kappa shape index (κ2) is 7.83. The number of nitrogens with one attached hydrogen (secondary N) is 1. The molecule has 2 N–H and O–H groups in total. The normalized spacial score (nSPS) is 10.7. The van der Waals surface area contributed by atoms with Gasteiger partial charge in [-0.25, -0.2) is 4.39 Å². The van der Waals surface area contributed by atoms with Crippen LogP contribution in [-0.4, -0.2) is 42.7 Å². The summed E-state index contributed by atoms with van der Waals surface area (Å²) in [6, 6.07) is 7.17. The molecular formula is C18H18FN3O4. The molecule has 3 aromatic rings. The highest BCUT2D eigenvalue weighted by Gasteiger charge is 2.13. The molecule has 26 heavy (non-hydrogen) atoms. The molecule has 136 valence electrons. The predicted octanol–water partition coefficient (Wildman–Crippen LogP) is 3.25. The number of hydrogen-bond donors (Lipinski definition) is 2. The van der Waals surface area contributed by atoms with E-state index in [-0.39, 0.29) is 11.4 Å². The van der Waals surface area contributed by atoms with Crippen LogP contribution in [-0.2, 0) is 4.74 Å². The van der Waals surface area contributed by atoms with E-state index < -0.39 is 5.82 Å². The number of rotatable bonds is 7. The molecule has 7 nitrogen and oxygen atoms in total. The summed E-state index contributed by atoms with van der Waals surface area (Å²) in [5, 5.41) is 21.2. The number of aromatic nitrogens is 2. The SMILES string of the molecule is COCCOc1cc2nncc(Nc3cc(O)ccc3F)c2cc1OC. The van der Waals surface area contributed by atoms with E-state index >= 15 is 0 Å². The van der Waals surface area contributed by atoms with Gasteiger partial charge in [0.05, 0.1) is 36.8 Å². The summed E-state index contributed by atoms with van der Waals surface area (Å²) >= 11 is 0. The molecule has 8 heteroatoms. The van der Waals surface area contributed by atoms with Gasteiger partial charge in [-0.1, -0.05) is 0 Å². The largest absolute Gasteiger partial charge is 0.508 e. The highest BCUT2D eigenvalue weighted by atomic mass is 19.1. The molecule has 0 aliphatic rings. The lowest BCUT2D eigenvalue weighted by molar-refractivity contribution is 0.144. The van der Waals surface area contributed by atoms with Gasteiger partial charge in [0.25, 0.3) is 0 Å². The van der Waals surface area contributed by atoms with Gasteiger partial charge in [0.1, 0.15) is 18.2 Å². The Hall–Kier alpha value is -3.13. The van der Waals surface area contributed by atoms with Crippen molar-refractivity contribution in [2.24, 2.45) is 0 Å². The smallest absolute Gasteiger partial charge is 0.163 e. The van der Waals surface area contributed by atoms with Crippen molar-refractivity contribution in [2.75, 3.05) is 32.8 Å². The first kappa shape index (κ1) is 17.7. The van der Waals surface area contributed by atoms with Gasteiger partial charge in [-0.15, -0.1) is 0 Å². The van der Waals surface area contributed by atoms with E-state index in [0.29, 0.717) is 41.3 Å². The number of hydrogen-bond acceptors (Lipinski definition) is 7. The van der Waals surface area contributed by atoms with E-state index in [0.717, 1.165) is 0 Å². The average Bonchev–Trinajstić information content (AvgIpc) is 2.64. The number of anilines is 2. The molecule has 0 spiro atoms. The minimum absolute atomic E-state index is 0.0494. The molecule has 0 aliphatic heterocycles. The Kier molecular flexibility index (Phi) is 5.33. The number of methoxy groups -OCH3 is 2. The first-order valence-electron chi connectivity index (χ1n) is 7.83. The van der Waals surface area contributed by atoms with E-state index in [9.17, 15) is 9.50 Å². The Balaban J connectivity index is 2.00. The minimum atomic E-state index is -0.501. The van der Waals surface area contributed by atoms with E-state index in [4.69, 9.17) is 14.2 Å². The maximum atomic E-state index is 14.0. The quantitative estimate of drug-likeness (QED) is 0.626. The summed E-state index contributed by atoms with van der Waals surface area (Å²) < 4.78 is 30.0. The van der Waals surface area contributed by atoms with Gasteiger partial charge in [-0.2, -0.15) is 10.2 Å². The first-order chi connectivity index (χ1) is 12.6. The maximum absolute atomic E-state index is 14.0. The number of nitrogens with zero attached hydrogens (tertiary/aromatic N) is 2. The third kappa shape index (κ3) is 3.75. The molecule has 2 aromatic carbocycles. The predicted molar refractivity (Wildman–Crippen MR) is 94.8 cm³/mol. The lowest BCUT2D eigenvalue weighted by Crippen LogP contribution is -2.05. The number of aromatic hydroxyl groups is 1. The standard InChI is InChI=1S/C18H18FN3O4/c1-24-5-6-26-18-9-14-12(8-17(18)25-2)16(10-20-22-14)21-15-7-11(23)3-4-13(15)19/h3-4,7-10,23H,5-6H2,1-2H3,(H,21,22). The third-order valence-corrected chi connectivity index (χ3v) is 3.69. The first-order valence-corrected chi connectivity index (χ1v) is 7.83. The van der Waals surface area contributed by atoms with Crippen LogP contribution in [0.1, 0.15) is 0 Å². The number of ether oxygens (including phenoxy) is 3. The topological polar surface area (TPSA) is 85.7 Å². The summed E-state index contributed by atoms with van der Waals surface area (Å²) in [7, 11) is 3.12. The van der Waals surface area contributed by atoms with Crippen molar-refractivity contribution < 1.29 is 23.7 Å². The lowest BCUT2D eigenvalue weighted by Gasteiger charge is -2.14. The molecule has 0 amide bonds. The van der Waals surface area contributed by atoms with Gasteiger partial charge in [-0.3, -0.25) is 0 Å². The van der Waals surface area contributed by atoms with Crippen LogP contribution in [0, 0.1) is 5.82 Å². The number of halogens is 1. The van der Waals surface area contributed by atoms with Crippen LogP contribution in [0.25, 0.3) is 10.9 Å². The van der Waals surface area contributed by atoms with Crippen molar-refractivity contribution in [2.45, 2.75) is 0 Å². The van der Waals surface area contributed by atoms with Crippen molar-refractivity contribution in [3.05, 3.63) is 42.3 Å². The van der Waals surface area contributed by atoms with Gasteiger partial charge >= 0.3 is 0 Å². The fourth-order valence-electron chi connectivity index (χ4n) is 2.43. The molecule has 0 radical (unpaired) electrons. The molecule has 0 unspecified atom stereocenters. The molecule has 0 saturated carbocycles. The van der Waals surface area contributed by atoms with Crippen LogP contribution in [0.3, 0.4) is 0 Å². The van der Waals surface area contributed by atoms with Crippen LogP contribution in [0.15, 0.2) is 36.5 Å². The van der Waals surface area contributed by atoms with Gasteiger partial charge in [0.2, 0.25) is 0 Å². The lowest BCUT2D eigenvalue weighted by atomic mass is 10.1. The van der Waals surface area contributed by atoms with Crippen LogP contribution in [0.5, 0.6) is 17.2 Å². The Morgan fingerprint density at radius 2 is 1.92 bits per heavy atom. The molecule has 0 atom stereocenters. The average molecular weight is 359 g/mol. The van der Waals surface area contributed by atoms with Crippen molar-refractivity contribution >= 4 is 22.3 Å². The number of phenolic OH excluding ortho intramolecular Hbond substituents is 1. The minimum Gasteiger partial charge on any atom is -0.508 e. The Bertz CT molecular complexity index is 920. The zero-order chi connectivity index (χ0) is 18.5. The molecule has 0 bridgehead atoms. The monoisotopic (exact) mass is 359 g/mol. The summed E-state index contributed by atoms with van der Waals surface area (Å²) in [6.45, 7) is 0.795.